The van der Waals surface area contributed by atoms with E-state index in [2.05, 4.69) is 11.9 Å². The smallest absolute Gasteiger partial charge is 0.255 e. The first-order valence-electron chi connectivity index (χ1n) is 9.13. The Morgan fingerprint density at radius 2 is 2.00 bits per heavy atom. The van der Waals surface area contributed by atoms with E-state index in [4.69, 9.17) is 14.2 Å². The normalized spacial score (nSPS) is 16.0. The molecule has 27 heavy (non-hydrogen) atoms. The van der Waals surface area contributed by atoms with E-state index in [1.165, 1.54) is 0 Å². The molecule has 1 aliphatic rings. The molecule has 1 N–H and O–H groups in total. The van der Waals surface area contributed by atoms with Crippen LogP contribution in [0.4, 0.5) is 5.69 Å². The second-order valence-electron chi connectivity index (χ2n) is 6.70. The van der Waals surface area contributed by atoms with Gasteiger partial charge in [-0.2, -0.15) is 0 Å². The molecule has 5 nitrogen and oxygen atoms in total. The Bertz CT molecular complexity index is 779. The molecule has 5 heteroatoms. The topological polar surface area (TPSA) is 56.8 Å². The van der Waals surface area contributed by atoms with E-state index in [1.54, 1.807) is 18.2 Å². The van der Waals surface area contributed by atoms with E-state index in [0.717, 1.165) is 30.8 Å². The Labute approximate surface area is 159 Å². The highest BCUT2D eigenvalue weighted by atomic mass is 16.5. The van der Waals surface area contributed by atoms with Gasteiger partial charge in [-0.25, -0.2) is 0 Å². The molecule has 0 radical (unpaired) electrons. The van der Waals surface area contributed by atoms with Crippen molar-refractivity contribution in [3.63, 3.8) is 0 Å². The lowest BCUT2D eigenvalue weighted by Gasteiger charge is -2.12. The zero-order chi connectivity index (χ0) is 19.1. The van der Waals surface area contributed by atoms with Crippen LogP contribution in [0.2, 0.25) is 0 Å². The van der Waals surface area contributed by atoms with Crippen molar-refractivity contribution < 1.29 is 19.0 Å². The van der Waals surface area contributed by atoms with Crippen LogP contribution in [0.1, 0.15) is 30.1 Å². The van der Waals surface area contributed by atoms with Crippen molar-refractivity contribution >= 4 is 11.6 Å². The minimum absolute atomic E-state index is 0.184. The zero-order valence-electron chi connectivity index (χ0n) is 15.6. The van der Waals surface area contributed by atoms with E-state index in [9.17, 15) is 4.79 Å². The second kappa shape index (κ2) is 9.24. The van der Waals surface area contributed by atoms with Gasteiger partial charge < -0.3 is 19.5 Å². The number of nitrogens with one attached hydrogen (secondary N) is 1. The summed E-state index contributed by atoms with van der Waals surface area (Å²) in [5.41, 5.74) is 2.16. The average molecular weight is 367 g/mol. The standard InChI is InChI=1S/C22H25NO4/c1-16(2)14-26-20-6-3-5-17(13-20)22(24)23-18-8-10-19(11-9-18)27-15-21-7-4-12-25-21/h3,5-6,8-11,13,21H,1,4,7,12,14-15H2,2H3,(H,23,24)/t21-/m0/s1. The molecule has 1 atom stereocenters. The monoisotopic (exact) mass is 367 g/mol. The lowest BCUT2D eigenvalue weighted by molar-refractivity contribution is 0.0679. The largest absolute Gasteiger partial charge is 0.491 e. The van der Waals surface area contributed by atoms with Crippen molar-refractivity contribution in [2.45, 2.75) is 25.9 Å². The highest BCUT2D eigenvalue weighted by molar-refractivity contribution is 6.04. The zero-order valence-corrected chi connectivity index (χ0v) is 15.6. The Morgan fingerprint density at radius 1 is 1.19 bits per heavy atom. The average Bonchev–Trinajstić information content (AvgIpc) is 3.20. The maximum atomic E-state index is 12.5. The van der Waals surface area contributed by atoms with Gasteiger partial charge in [0.2, 0.25) is 0 Å². The number of anilines is 1. The Hall–Kier alpha value is -2.79. The first-order valence-corrected chi connectivity index (χ1v) is 9.13. The number of carbonyl (C=O) groups is 1. The Morgan fingerprint density at radius 3 is 2.70 bits per heavy atom. The summed E-state index contributed by atoms with van der Waals surface area (Å²) in [6, 6.07) is 14.4. The van der Waals surface area contributed by atoms with Gasteiger partial charge >= 0.3 is 0 Å². The van der Waals surface area contributed by atoms with E-state index in [1.807, 2.05) is 37.3 Å². The van der Waals surface area contributed by atoms with Crippen LogP contribution in [0.15, 0.2) is 60.7 Å². The summed E-state index contributed by atoms with van der Waals surface area (Å²) in [5.74, 6) is 1.21. The molecule has 0 spiro atoms. The van der Waals surface area contributed by atoms with Crippen molar-refractivity contribution in [1.82, 2.24) is 0 Å². The second-order valence-corrected chi connectivity index (χ2v) is 6.70. The number of rotatable bonds is 8. The van der Waals surface area contributed by atoms with Crippen LogP contribution >= 0.6 is 0 Å². The lowest BCUT2D eigenvalue weighted by Crippen LogP contribution is -2.16. The number of benzene rings is 2. The summed E-state index contributed by atoms with van der Waals surface area (Å²) in [6.45, 7) is 7.50. The molecule has 0 aliphatic carbocycles. The van der Waals surface area contributed by atoms with Gasteiger partial charge in [-0.05, 0) is 67.8 Å². The maximum absolute atomic E-state index is 12.5. The molecule has 1 amide bonds. The fraction of sp³-hybridized carbons (Fsp3) is 0.318. The quantitative estimate of drug-likeness (QED) is 0.700. The third-order valence-corrected chi connectivity index (χ3v) is 4.15. The molecule has 0 saturated carbocycles. The van der Waals surface area contributed by atoms with Gasteiger partial charge in [0, 0.05) is 17.9 Å². The summed E-state index contributed by atoms with van der Waals surface area (Å²) >= 11 is 0. The van der Waals surface area contributed by atoms with Crippen molar-refractivity contribution in [3.8, 4) is 11.5 Å². The molecular formula is C22H25NO4. The Balaban J connectivity index is 1.54. The highest BCUT2D eigenvalue weighted by Crippen LogP contribution is 2.20. The van der Waals surface area contributed by atoms with Gasteiger partial charge in [-0.15, -0.1) is 0 Å². The third kappa shape index (κ3) is 5.86. The number of carbonyl (C=O) groups excluding carboxylic acids is 1. The summed E-state index contributed by atoms with van der Waals surface area (Å²) in [7, 11) is 0. The third-order valence-electron chi connectivity index (χ3n) is 4.15. The molecule has 1 heterocycles. The van der Waals surface area contributed by atoms with Gasteiger partial charge in [0.05, 0.1) is 6.10 Å². The van der Waals surface area contributed by atoms with Gasteiger partial charge in [0.15, 0.2) is 0 Å². The highest BCUT2D eigenvalue weighted by Gasteiger charge is 2.16. The minimum Gasteiger partial charge on any atom is -0.491 e. The molecule has 1 saturated heterocycles. The van der Waals surface area contributed by atoms with Crippen molar-refractivity contribution in [3.05, 3.63) is 66.2 Å². The molecule has 3 rings (SSSR count). The Kier molecular flexibility index (Phi) is 6.49. The van der Waals surface area contributed by atoms with E-state index in [-0.39, 0.29) is 12.0 Å². The molecule has 2 aromatic carbocycles. The predicted octanol–water partition coefficient (Wildman–Crippen LogP) is 4.45. The van der Waals surface area contributed by atoms with Gasteiger partial charge in [-0.3, -0.25) is 4.79 Å². The first-order chi connectivity index (χ1) is 13.1. The van der Waals surface area contributed by atoms with E-state index in [0.29, 0.717) is 30.2 Å². The molecule has 2 aromatic rings. The van der Waals surface area contributed by atoms with Gasteiger partial charge in [-0.1, -0.05) is 12.6 Å². The summed E-state index contributed by atoms with van der Waals surface area (Å²) in [6.07, 6.45) is 2.32. The summed E-state index contributed by atoms with van der Waals surface area (Å²) < 4.78 is 16.9. The minimum atomic E-state index is -0.191. The first kappa shape index (κ1) is 19.0. The number of hydrogen-bond acceptors (Lipinski definition) is 4. The van der Waals surface area contributed by atoms with Crippen LogP contribution in [-0.2, 0) is 4.74 Å². The van der Waals surface area contributed by atoms with E-state index < -0.39 is 0 Å². The van der Waals surface area contributed by atoms with Crippen molar-refractivity contribution in [1.29, 1.82) is 0 Å². The summed E-state index contributed by atoms with van der Waals surface area (Å²) in [5, 5.41) is 2.88. The molecule has 0 aromatic heterocycles. The van der Waals surface area contributed by atoms with Gasteiger partial charge in [0.25, 0.3) is 5.91 Å². The number of ether oxygens (including phenoxy) is 3. The fourth-order valence-electron chi connectivity index (χ4n) is 2.74. The SMILES string of the molecule is C=C(C)COc1cccc(C(=O)Nc2ccc(OC[C@@H]3CCCO3)cc2)c1. The van der Waals surface area contributed by atoms with Crippen molar-refractivity contribution in [2.75, 3.05) is 25.1 Å². The van der Waals surface area contributed by atoms with Crippen LogP contribution < -0.4 is 14.8 Å². The van der Waals surface area contributed by atoms with Crippen LogP contribution in [0.25, 0.3) is 0 Å². The molecule has 1 fully saturated rings. The number of hydrogen-bond donors (Lipinski definition) is 1. The van der Waals surface area contributed by atoms with Crippen LogP contribution in [-0.4, -0.2) is 31.8 Å². The maximum Gasteiger partial charge on any atom is 0.255 e. The molecule has 0 unspecified atom stereocenters. The molecule has 142 valence electrons. The molecule has 0 bridgehead atoms. The number of amides is 1. The molecule has 1 aliphatic heterocycles. The van der Waals surface area contributed by atoms with Crippen molar-refractivity contribution in [2.24, 2.45) is 0 Å². The van der Waals surface area contributed by atoms with Crippen LogP contribution in [0.5, 0.6) is 11.5 Å². The van der Waals surface area contributed by atoms with Crippen LogP contribution in [0, 0.1) is 0 Å². The molecular weight excluding hydrogens is 342 g/mol. The summed E-state index contributed by atoms with van der Waals surface area (Å²) in [4.78, 5) is 12.5. The van der Waals surface area contributed by atoms with Gasteiger partial charge in [0.1, 0.15) is 24.7 Å². The lowest BCUT2D eigenvalue weighted by atomic mass is 10.2. The predicted molar refractivity (Wildman–Crippen MR) is 106 cm³/mol. The fourth-order valence-corrected chi connectivity index (χ4v) is 2.74. The van der Waals surface area contributed by atoms with Crippen LogP contribution in [0.3, 0.4) is 0 Å². The van der Waals surface area contributed by atoms with E-state index >= 15 is 0 Å².